The van der Waals surface area contributed by atoms with Crippen LogP contribution in [-0.4, -0.2) is 39.3 Å². The second-order valence-electron chi connectivity index (χ2n) is 5.88. The van der Waals surface area contributed by atoms with Gasteiger partial charge in [0.25, 0.3) is 15.9 Å². The first kappa shape index (κ1) is 19.0. The van der Waals surface area contributed by atoms with E-state index in [1.54, 1.807) is 12.1 Å². The first-order valence-electron chi connectivity index (χ1n) is 7.64. The first-order chi connectivity index (χ1) is 12.2. The molecular weight excluding hydrogens is 403 g/mol. The number of hydrogen-bond acceptors (Lipinski definition) is 5. The molecule has 0 radical (unpaired) electrons. The molecule has 1 unspecified atom stereocenters. The molecule has 1 aliphatic rings. The number of ether oxygens (including phenoxy) is 1. The molecule has 0 aliphatic carbocycles. The van der Waals surface area contributed by atoms with Crippen LogP contribution in [0.2, 0.25) is 10.0 Å². The number of amides is 1. The van der Waals surface area contributed by atoms with Gasteiger partial charge in [0, 0.05) is 32.1 Å². The fraction of sp³-hybridized carbons (Fsp3) is 0.312. The summed E-state index contributed by atoms with van der Waals surface area (Å²) in [7, 11) is -0.986. The Balaban J connectivity index is 1.83. The molecule has 26 heavy (non-hydrogen) atoms. The van der Waals surface area contributed by atoms with Gasteiger partial charge in [0.1, 0.15) is 17.0 Å². The van der Waals surface area contributed by atoms with Crippen molar-refractivity contribution >= 4 is 39.1 Å². The summed E-state index contributed by atoms with van der Waals surface area (Å²) in [4.78, 5) is 12.5. The van der Waals surface area contributed by atoms with Crippen molar-refractivity contribution in [1.82, 2.24) is 9.62 Å². The maximum Gasteiger partial charge on any atom is 0.275 e. The van der Waals surface area contributed by atoms with Crippen LogP contribution in [-0.2, 0) is 10.0 Å². The van der Waals surface area contributed by atoms with Crippen molar-refractivity contribution in [3.63, 3.8) is 0 Å². The lowest BCUT2D eigenvalue weighted by molar-refractivity contribution is 0.0924. The van der Waals surface area contributed by atoms with Crippen LogP contribution in [0.25, 0.3) is 0 Å². The highest BCUT2D eigenvalue weighted by Gasteiger charge is 2.28. The Morgan fingerprint density at radius 2 is 2.04 bits per heavy atom. The van der Waals surface area contributed by atoms with E-state index in [2.05, 4.69) is 5.32 Å². The topological polar surface area (TPSA) is 88.9 Å². The van der Waals surface area contributed by atoms with Gasteiger partial charge in [-0.2, -0.15) is 0 Å². The summed E-state index contributed by atoms with van der Waals surface area (Å²) in [5.41, 5.74) is 0.821. The fourth-order valence-corrected chi connectivity index (χ4v) is 3.73. The Kier molecular flexibility index (Phi) is 5.21. The molecule has 2 aromatic rings. The molecule has 1 aromatic carbocycles. The molecule has 0 bridgehead atoms. The number of benzene rings is 1. The molecule has 0 spiro atoms. The summed E-state index contributed by atoms with van der Waals surface area (Å²) in [6.45, 7) is 0.365. The van der Waals surface area contributed by atoms with Crippen molar-refractivity contribution in [2.75, 3.05) is 20.7 Å². The molecule has 0 saturated carbocycles. The van der Waals surface area contributed by atoms with Gasteiger partial charge in [0.2, 0.25) is 5.09 Å². The van der Waals surface area contributed by atoms with E-state index in [9.17, 15) is 13.2 Å². The third kappa shape index (κ3) is 3.42. The van der Waals surface area contributed by atoms with Crippen molar-refractivity contribution in [2.24, 2.45) is 0 Å². The average molecular weight is 419 g/mol. The molecule has 1 N–H and O–H groups in total. The van der Waals surface area contributed by atoms with Gasteiger partial charge in [-0.05, 0) is 6.07 Å². The number of nitrogens with one attached hydrogen (secondary N) is 1. The monoisotopic (exact) mass is 418 g/mol. The number of rotatable bonds is 4. The van der Waals surface area contributed by atoms with Crippen LogP contribution >= 0.6 is 23.2 Å². The van der Waals surface area contributed by atoms with Crippen LogP contribution in [0.3, 0.4) is 0 Å². The molecule has 3 rings (SSSR count). The van der Waals surface area contributed by atoms with Crippen molar-refractivity contribution in [3.05, 3.63) is 45.6 Å². The van der Waals surface area contributed by atoms with Crippen molar-refractivity contribution in [1.29, 1.82) is 0 Å². The molecule has 0 fully saturated rings. The van der Waals surface area contributed by atoms with Crippen LogP contribution in [0.1, 0.15) is 28.4 Å². The molecule has 140 valence electrons. The number of halogens is 2. The Hall–Kier alpha value is -1.74. The van der Waals surface area contributed by atoms with Gasteiger partial charge >= 0.3 is 0 Å². The molecule has 1 amide bonds. The molecule has 1 aliphatic heterocycles. The number of carbonyl (C=O) groups is 1. The zero-order chi connectivity index (χ0) is 19.1. The minimum atomic E-state index is -3.75. The predicted octanol–water partition coefficient (Wildman–Crippen LogP) is 3.09. The van der Waals surface area contributed by atoms with E-state index < -0.39 is 15.9 Å². The number of fused-ring (bicyclic) bond motifs is 1. The molecule has 7 nitrogen and oxygen atoms in total. The fourth-order valence-electron chi connectivity index (χ4n) is 2.54. The SMILES string of the molecule is CN(C)S(=O)(=O)c1cc(C(=O)NC2CCOc3c2ccc(Cl)c3Cl)co1. The summed E-state index contributed by atoms with van der Waals surface area (Å²) < 4.78 is 35.7. The quantitative estimate of drug-likeness (QED) is 0.823. The Bertz CT molecular complexity index is 956. The zero-order valence-corrected chi connectivity index (χ0v) is 16.3. The summed E-state index contributed by atoms with van der Waals surface area (Å²) in [5.74, 6) is -0.0170. The van der Waals surface area contributed by atoms with Crippen LogP contribution in [0.4, 0.5) is 0 Å². The second kappa shape index (κ2) is 7.11. The summed E-state index contributed by atoms with van der Waals surface area (Å²) in [6.07, 6.45) is 1.65. The number of sulfonamides is 1. The Labute approximate surface area is 160 Å². The summed E-state index contributed by atoms with van der Waals surface area (Å²) in [5, 5.41) is 3.21. The molecule has 10 heteroatoms. The minimum absolute atomic E-state index is 0.110. The van der Waals surface area contributed by atoms with E-state index in [-0.39, 0.29) is 16.7 Å². The van der Waals surface area contributed by atoms with E-state index in [4.69, 9.17) is 32.4 Å². The highest BCUT2D eigenvalue weighted by atomic mass is 35.5. The Morgan fingerprint density at radius 3 is 2.73 bits per heavy atom. The van der Waals surface area contributed by atoms with Gasteiger partial charge < -0.3 is 14.5 Å². The Morgan fingerprint density at radius 1 is 1.31 bits per heavy atom. The predicted molar refractivity (Wildman–Crippen MR) is 96.4 cm³/mol. The second-order valence-corrected chi connectivity index (χ2v) is 8.75. The van der Waals surface area contributed by atoms with Crippen LogP contribution in [0, 0.1) is 0 Å². The summed E-state index contributed by atoms with van der Waals surface area (Å²) >= 11 is 12.2. The van der Waals surface area contributed by atoms with Gasteiger partial charge in [-0.3, -0.25) is 4.79 Å². The number of carbonyl (C=O) groups excluding carboxylic acids is 1. The summed E-state index contributed by atoms with van der Waals surface area (Å²) in [6, 6.07) is 4.23. The zero-order valence-electron chi connectivity index (χ0n) is 14.0. The molecular formula is C16H16Cl2N2O5S. The van der Waals surface area contributed by atoms with Crippen LogP contribution in [0.5, 0.6) is 5.75 Å². The molecule has 2 heterocycles. The lowest BCUT2D eigenvalue weighted by atomic mass is 10.00. The standard InChI is InChI=1S/C16H16Cl2N2O5S/c1-20(2)26(22,23)13-7-9(8-25-13)16(21)19-12-5-6-24-15-10(12)3-4-11(17)14(15)18/h3-4,7-8,12H,5-6H2,1-2H3,(H,19,21). The largest absolute Gasteiger partial charge is 0.492 e. The van der Waals surface area contributed by atoms with E-state index >= 15 is 0 Å². The van der Waals surface area contributed by atoms with Crippen molar-refractivity contribution in [3.8, 4) is 5.75 Å². The normalized spacial score (nSPS) is 16.9. The van der Waals surface area contributed by atoms with E-state index in [1.165, 1.54) is 20.2 Å². The van der Waals surface area contributed by atoms with Crippen molar-refractivity contribution in [2.45, 2.75) is 17.6 Å². The van der Waals surface area contributed by atoms with Gasteiger partial charge in [-0.1, -0.05) is 29.3 Å². The van der Waals surface area contributed by atoms with Gasteiger partial charge in [0.15, 0.2) is 0 Å². The lowest BCUT2D eigenvalue weighted by Gasteiger charge is -2.27. The van der Waals surface area contributed by atoms with E-state index in [1.807, 2.05) is 0 Å². The van der Waals surface area contributed by atoms with Gasteiger partial charge in [-0.15, -0.1) is 0 Å². The average Bonchev–Trinajstić information content (AvgIpc) is 3.09. The van der Waals surface area contributed by atoms with Gasteiger partial charge in [0.05, 0.1) is 23.2 Å². The molecule has 0 saturated heterocycles. The number of furan rings is 1. The molecule has 1 aromatic heterocycles. The lowest BCUT2D eigenvalue weighted by Crippen LogP contribution is -2.32. The van der Waals surface area contributed by atoms with E-state index in [0.717, 1.165) is 10.6 Å². The maximum absolute atomic E-state index is 12.5. The molecule has 1 atom stereocenters. The highest BCUT2D eigenvalue weighted by molar-refractivity contribution is 7.88. The van der Waals surface area contributed by atoms with Crippen LogP contribution < -0.4 is 10.1 Å². The van der Waals surface area contributed by atoms with E-state index in [0.29, 0.717) is 34.4 Å². The smallest absolute Gasteiger partial charge is 0.275 e. The third-order valence-corrected chi connectivity index (χ3v) is 6.46. The van der Waals surface area contributed by atoms with Gasteiger partial charge in [-0.25, -0.2) is 12.7 Å². The van der Waals surface area contributed by atoms with Crippen molar-refractivity contribution < 1.29 is 22.4 Å². The number of nitrogens with zero attached hydrogens (tertiary/aromatic N) is 1. The minimum Gasteiger partial charge on any atom is -0.492 e. The highest BCUT2D eigenvalue weighted by Crippen LogP contribution is 2.41. The van der Waals surface area contributed by atoms with Crippen LogP contribution in [0.15, 0.2) is 34.0 Å². The first-order valence-corrected chi connectivity index (χ1v) is 9.84. The maximum atomic E-state index is 12.5. The third-order valence-electron chi connectivity index (χ3n) is 3.99. The number of hydrogen-bond donors (Lipinski definition) is 1.